The lowest BCUT2D eigenvalue weighted by Crippen LogP contribution is -2.48. The Bertz CT molecular complexity index is 304. The summed E-state index contributed by atoms with van der Waals surface area (Å²) in [6.07, 6.45) is 3.04. The first kappa shape index (κ1) is 15.8. The standard InChI is InChI=1S/C13H25N3O3/c1-3-11(8-12(17)18)15-13(19)14-10(2)9-16-6-4-5-7-16/h10-11H,3-9H2,1-2H3,(H,17,18)(H2,14,15,19). The van der Waals surface area contributed by atoms with E-state index in [4.69, 9.17) is 5.11 Å². The monoisotopic (exact) mass is 271 g/mol. The van der Waals surface area contributed by atoms with E-state index in [0.29, 0.717) is 6.42 Å². The maximum atomic E-state index is 11.7. The zero-order valence-electron chi connectivity index (χ0n) is 11.8. The van der Waals surface area contributed by atoms with Crippen LogP contribution in [0.5, 0.6) is 0 Å². The molecular weight excluding hydrogens is 246 g/mol. The van der Waals surface area contributed by atoms with Crippen molar-refractivity contribution in [1.29, 1.82) is 0 Å². The molecule has 0 saturated carbocycles. The molecule has 0 aromatic rings. The van der Waals surface area contributed by atoms with Crippen molar-refractivity contribution in [3.63, 3.8) is 0 Å². The Balaban J connectivity index is 2.26. The second-order valence-electron chi connectivity index (χ2n) is 5.23. The van der Waals surface area contributed by atoms with Gasteiger partial charge in [0.05, 0.1) is 6.42 Å². The largest absolute Gasteiger partial charge is 0.481 e. The number of likely N-dealkylation sites (tertiary alicyclic amines) is 1. The number of carboxylic acid groups (broad SMARTS) is 1. The molecule has 110 valence electrons. The normalized spacial score (nSPS) is 18.8. The zero-order chi connectivity index (χ0) is 14.3. The van der Waals surface area contributed by atoms with Crippen molar-refractivity contribution >= 4 is 12.0 Å². The number of carbonyl (C=O) groups excluding carboxylic acids is 1. The Morgan fingerprint density at radius 2 is 1.89 bits per heavy atom. The van der Waals surface area contributed by atoms with Gasteiger partial charge in [-0.2, -0.15) is 0 Å². The minimum atomic E-state index is -0.891. The predicted octanol–water partition coefficient (Wildman–Crippen LogP) is 1.02. The highest BCUT2D eigenvalue weighted by molar-refractivity contribution is 5.75. The molecule has 19 heavy (non-hydrogen) atoms. The van der Waals surface area contributed by atoms with Gasteiger partial charge in [-0.15, -0.1) is 0 Å². The minimum absolute atomic E-state index is 0.0373. The highest BCUT2D eigenvalue weighted by Crippen LogP contribution is 2.07. The number of carboxylic acids is 1. The van der Waals surface area contributed by atoms with E-state index in [1.165, 1.54) is 12.8 Å². The van der Waals surface area contributed by atoms with Crippen molar-refractivity contribution < 1.29 is 14.7 Å². The van der Waals surface area contributed by atoms with Crippen molar-refractivity contribution in [2.45, 2.75) is 51.6 Å². The molecule has 1 rings (SSSR count). The molecule has 0 radical (unpaired) electrons. The van der Waals surface area contributed by atoms with E-state index in [2.05, 4.69) is 15.5 Å². The second kappa shape index (κ2) is 7.99. The Hall–Kier alpha value is -1.30. The predicted molar refractivity (Wildman–Crippen MR) is 73.1 cm³/mol. The van der Waals surface area contributed by atoms with Gasteiger partial charge in [0.1, 0.15) is 0 Å². The number of amides is 2. The van der Waals surface area contributed by atoms with E-state index in [1.807, 2.05) is 13.8 Å². The number of rotatable bonds is 7. The Morgan fingerprint density at radius 1 is 1.26 bits per heavy atom. The van der Waals surface area contributed by atoms with Crippen molar-refractivity contribution in [3.8, 4) is 0 Å². The molecule has 0 spiro atoms. The van der Waals surface area contributed by atoms with E-state index >= 15 is 0 Å². The van der Waals surface area contributed by atoms with E-state index < -0.39 is 5.97 Å². The fourth-order valence-electron chi connectivity index (χ4n) is 2.36. The molecule has 6 nitrogen and oxygen atoms in total. The van der Waals surface area contributed by atoms with Gasteiger partial charge in [-0.1, -0.05) is 6.92 Å². The first-order chi connectivity index (χ1) is 9.01. The molecule has 6 heteroatoms. The van der Waals surface area contributed by atoms with Gasteiger partial charge in [0.15, 0.2) is 0 Å². The maximum absolute atomic E-state index is 11.7. The van der Waals surface area contributed by atoms with Gasteiger partial charge < -0.3 is 20.6 Å². The Morgan fingerprint density at radius 3 is 2.42 bits per heavy atom. The van der Waals surface area contributed by atoms with Crippen LogP contribution >= 0.6 is 0 Å². The van der Waals surface area contributed by atoms with Crippen LogP contribution in [0, 0.1) is 0 Å². The van der Waals surface area contributed by atoms with Crippen molar-refractivity contribution in [2.75, 3.05) is 19.6 Å². The van der Waals surface area contributed by atoms with Gasteiger partial charge in [0.25, 0.3) is 0 Å². The molecule has 0 aromatic heterocycles. The van der Waals surface area contributed by atoms with E-state index in [1.54, 1.807) is 0 Å². The summed E-state index contributed by atoms with van der Waals surface area (Å²) in [4.78, 5) is 24.7. The lowest BCUT2D eigenvalue weighted by Gasteiger charge is -2.22. The minimum Gasteiger partial charge on any atom is -0.481 e. The molecule has 1 fully saturated rings. The summed E-state index contributed by atoms with van der Waals surface area (Å²) in [6.45, 7) is 6.88. The number of aliphatic carboxylic acids is 1. The molecular formula is C13H25N3O3. The van der Waals surface area contributed by atoms with Crippen molar-refractivity contribution in [2.24, 2.45) is 0 Å². The zero-order valence-corrected chi connectivity index (χ0v) is 11.8. The quantitative estimate of drug-likeness (QED) is 0.646. The molecule has 1 aliphatic rings. The molecule has 2 unspecified atom stereocenters. The van der Waals surface area contributed by atoms with Crippen LogP contribution in [0.4, 0.5) is 4.79 Å². The van der Waals surface area contributed by atoms with Crippen LogP contribution < -0.4 is 10.6 Å². The SMILES string of the molecule is CCC(CC(=O)O)NC(=O)NC(C)CN1CCCC1. The number of hydrogen-bond acceptors (Lipinski definition) is 3. The van der Waals surface area contributed by atoms with Crippen LogP contribution in [-0.2, 0) is 4.79 Å². The van der Waals surface area contributed by atoms with Crippen LogP contribution in [-0.4, -0.2) is 53.7 Å². The highest BCUT2D eigenvalue weighted by Gasteiger charge is 2.18. The third-order valence-electron chi connectivity index (χ3n) is 3.36. The molecule has 0 bridgehead atoms. The van der Waals surface area contributed by atoms with Gasteiger partial charge in [-0.3, -0.25) is 4.79 Å². The second-order valence-corrected chi connectivity index (χ2v) is 5.23. The fraction of sp³-hybridized carbons (Fsp3) is 0.846. The average Bonchev–Trinajstić information content (AvgIpc) is 2.79. The van der Waals surface area contributed by atoms with Crippen LogP contribution in [0.15, 0.2) is 0 Å². The number of hydrogen-bond donors (Lipinski definition) is 3. The lowest BCUT2D eigenvalue weighted by atomic mass is 10.1. The highest BCUT2D eigenvalue weighted by atomic mass is 16.4. The summed E-state index contributed by atoms with van der Waals surface area (Å²) in [5.41, 5.74) is 0. The number of nitrogens with zero attached hydrogens (tertiary/aromatic N) is 1. The number of nitrogens with one attached hydrogen (secondary N) is 2. The molecule has 1 heterocycles. The molecule has 1 saturated heterocycles. The summed E-state index contributed by atoms with van der Waals surface area (Å²) in [6, 6.07) is -0.517. The van der Waals surface area contributed by atoms with Crippen LogP contribution in [0.3, 0.4) is 0 Å². The summed E-state index contributed by atoms with van der Waals surface area (Å²) >= 11 is 0. The fourth-order valence-corrected chi connectivity index (χ4v) is 2.36. The Kier molecular flexibility index (Phi) is 6.62. The summed E-state index contributed by atoms with van der Waals surface area (Å²) in [5.74, 6) is -0.891. The molecule has 3 N–H and O–H groups in total. The van der Waals surface area contributed by atoms with Crippen molar-refractivity contribution in [1.82, 2.24) is 15.5 Å². The summed E-state index contributed by atoms with van der Waals surface area (Å²) in [5, 5.41) is 14.3. The average molecular weight is 271 g/mol. The third kappa shape index (κ3) is 6.42. The lowest BCUT2D eigenvalue weighted by molar-refractivity contribution is -0.137. The molecule has 0 aliphatic carbocycles. The van der Waals surface area contributed by atoms with Gasteiger partial charge in [0.2, 0.25) is 0 Å². The molecule has 2 atom stereocenters. The Labute approximate surface area is 114 Å². The van der Waals surface area contributed by atoms with E-state index in [0.717, 1.165) is 19.6 Å². The van der Waals surface area contributed by atoms with Crippen LogP contribution in [0.25, 0.3) is 0 Å². The first-order valence-electron chi connectivity index (χ1n) is 7.02. The van der Waals surface area contributed by atoms with Crippen LogP contribution in [0.2, 0.25) is 0 Å². The van der Waals surface area contributed by atoms with Gasteiger partial charge in [-0.05, 0) is 39.3 Å². The van der Waals surface area contributed by atoms with Gasteiger partial charge in [0, 0.05) is 18.6 Å². The van der Waals surface area contributed by atoms with Gasteiger partial charge >= 0.3 is 12.0 Å². The molecule has 2 amide bonds. The molecule has 1 aliphatic heterocycles. The van der Waals surface area contributed by atoms with Crippen LogP contribution in [0.1, 0.15) is 39.5 Å². The van der Waals surface area contributed by atoms with Crippen molar-refractivity contribution in [3.05, 3.63) is 0 Å². The van der Waals surface area contributed by atoms with Gasteiger partial charge in [-0.25, -0.2) is 4.79 Å². The van der Waals surface area contributed by atoms with E-state index in [-0.39, 0.29) is 24.5 Å². The summed E-state index contributed by atoms with van der Waals surface area (Å²) < 4.78 is 0. The third-order valence-corrected chi connectivity index (χ3v) is 3.36. The smallest absolute Gasteiger partial charge is 0.315 e. The van der Waals surface area contributed by atoms with E-state index in [9.17, 15) is 9.59 Å². The number of urea groups is 1. The number of carbonyl (C=O) groups is 2. The summed E-state index contributed by atoms with van der Waals surface area (Å²) in [7, 11) is 0. The topological polar surface area (TPSA) is 81.7 Å². The molecule has 0 aromatic carbocycles. The first-order valence-corrected chi connectivity index (χ1v) is 7.02. The maximum Gasteiger partial charge on any atom is 0.315 e.